The van der Waals surface area contributed by atoms with Gasteiger partial charge in [0.25, 0.3) is 0 Å². The van der Waals surface area contributed by atoms with Crippen LogP contribution >= 0.6 is 0 Å². The number of nitrogens with two attached hydrogens (primary N) is 1. The molecule has 0 saturated carbocycles. The number of anilines is 2. The number of pyridine rings is 1. The van der Waals surface area contributed by atoms with E-state index in [1.807, 2.05) is 42.5 Å². The molecule has 0 aliphatic rings. The lowest BCUT2D eigenvalue weighted by molar-refractivity contribution is 0.0547. The summed E-state index contributed by atoms with van der Waals surface area (Å²) in [7, 11) is 0. The molecule has 0 aliphatic carbocycles. The lowest BCUT2D eigenvalue weighted by Gasteiger charge is -2.11. The summed E-state index contributed by atoms with van der Waals surface area (Å²) in [5, 5.41) is 6.32. The minimum absolute atomic E-state index is 0.192. The fraction of sp³-hybridized carbons (Fsp3) is 0.333. The van der Waals surface area contributed by atoms with Gasteiger partial charge in [0.05, 0.1) is 26.4 Å². The molecule has 4 N–H and O–H groups in total. The number of nitrogens with zero attached hydrogens (tertiary/aromatic N) is 4. The van der Waals surface area contributed by atoms with Crippen molar-refractivity contribution in [2.75, 3.05) is 50.2 Å². The van der Waals surface area contributed by atoms with E-state index in [9.17, 15) is 0 Å². The van der Waals surface area contributed by atoms with E-state index in [1.54, 1.807) is 12.4 Å². The van der Waals surface area contributed by atoms with Gasteiger partial charge < -0.3 is 30.6 Å². The van der Waals surface area contributed by atoms with Crippen LogP contribution < -0.4 is 21.1 Å². The second-order valence-corrected chi connectivity index (χ2v) is 6.33. The Hall–Kier alpha value is -3.34. The van der Waals surface area contributed by atoms with E-state index in [0.717, 1.165) is 5.56 Å². The first kappa shape index (κ1) is 22.3. The number of aromatic nitrogens is 4. The SMILES string of the molecule is NCCOCCOCCNc1nc(NCc2ccncc2)nc(Oc2ccccc2)n1. The molecule has 10 nitrogen and oxygen atoms in total. The summed E-state index contributed by atoms with van der Waals surface area (Å²) >= 11 is 0. The lowest BCUT2D eigenvalue weighted by Crippen LogP contribution is -2.16. The van der Waals surface area contributed by atoms with E-state index in [-0.39, 0.29) is 6.01 Å². The smallest absolute Gasteiger partial charge is 0.328 e. The Balaban J connectivity index is 1.57. The molecule has 164 valence electrons. The van der Waals surface area contributed by atoms with Crippen molar-refractivity contribution in [1.29, 1.82) is 0 Å². The molecule has 2 aromatic heterocycles. The van der Waals surface area contributed by atoms with Crippen molar-refractivity contribution in [1.82, 2.24) is 19.9 Å². The molecule has 0 amide bonds. The van der Waals surface area contributed by atoms with Gasteiger partial charge in [0.2, 0.25) is 11.9 Å². The van der Waals surface area contributed by atoms with Crippen LogP contribution in [0.2, 0.25) is 0 Å². The molecule has 0 bridgehead atoms. The van der Waals surface area contributed by atoms with Crippen molar-refractivity contribution in [2.45, 2.75) is 6.54 Å². The summed E-state index contributed by atoms with van der Waals surface area (Å²) in [6.45, 7) is 3.60. The number of para-hydroxylation sites is 1. The molecule has 3 rings (SSSR count). The van der Waals surface area contributed by atoms with Crippen LogP contribution in [0.3, 0.4) is 0 Å². The van der Waals surface area contributed by atoms with Gasteiger partial charge in [-0.05, 0) is 29.8 Å². The molecule has 0 aliphatic heterocycles. The van der Waals surface area contributed by atoms with E-state index in [2.05, 4.69) is 30.6 Å². The molecule has 0 saturated heterocycles. The van der Waals surface area contributed by atoms with Crippen molar-refractivity contribution < 1.29 is 14.2 Å². The van der Waals surface area contributed by atoms with Crippen LogP contribution in [0, 0.1) is 0 Å². The first-order chi connectivity index (χ1) is 15.3. The first-order valence-corrected chi connectivity index (χ1v) is 10.0. The third kappa shape index (κ3) is 8.51. The Morgan fingerprint density at radius 2 is 1.48 bits per heavy atom. The summed E-state index contributed by atoms with van der Waals surface area (Å²) in [4.78, 5) is 17.1. The summed E-state index contributed by atoms with van der Waals surface area (Å²) in [6.07, 6.45) is 3.48. The average Bonchev–Trinajstić information content (AvgIpc) is 2.81. The molecule has 31 heavy (non-hydrogen) atoms. The highest BCUT2D eigenvalue weighted by atomic mass is 16.5. The normalized spacial score (nSPS) is 10.6. The maximum absolute atomic E-state index is 5.78. The van der Waals surface area contributed by atoms with Gasteiger partial charge in [-0.25, -0.2) is 0 Å². The quantitative estimate of drug-likeness (QED) is 0.330. The highest BCUT2D eigenvalue weighted by molar-refractivity contribution is 5.37. The predicted molar refractivity (Wildman–Crippen MR) is 117 cm³/mol. The standard InChI is InChI=1S/C21H27N7O3/c22-8-12-29-14-15-30-13-11-24-19-26-20(25-16-17-6-9-23-10-7-17)28-21(27-19)31-18-4-2-1-3-5-18/h1-7,9-10H,8,11-16,22H2,(H2,24,25,26,27,28). The third-order valence-corrected chi connectivity index (χ3v) is 3.93. The van der Waals surface area contributed by atoms with Crippen molar-refractivity contribution in [3.8, 4) is 11.8 Å². The molecular weight excluding hydrogens is 398 g/mol. The lowest BCUT2D eigenvalue weighted by atomic mass is 10.3. The molecule has 0 unspecified atom stereocenters. The van der Waals surface area contributed by atoms with Gasteiger partial charge in [-0.2, -0.15) is 15.0 Å². The van der Waals surface area contributed by atoms with Crippen LogP contribution in [0.1, 0.15) is 5.56 Å². The van der Waals surface area contributed by atoms with E-state index >= 15 is 0 Å². The molecule has 0 atom stereocenters. The van der Waals surface area contributed by atoms with Gasteiger partial charge in [-0.1, -0.05) is 18.2 Å². The number of rotatable bonds is 14. The molecule has 0 spiro atoms. The highest BCUT2D eigenvalue weighted by Crippen LogP contribution is 2.19. The number of nitrogens with one attached hydrogen (secondary N) is 2. The van der Waals surface area contributed by atoms with E-state index in [4.69, 9.17) is 19.9 Å². The van der Waals surface area contributed by atoms with Crippen molar-refractivity contribution in [3.05, 3.63) is 60.4 Å². The van der Waals surface area contributed by atoms with Crippen molar-refractivity contribution in [3.63, 3.8) is 0 Å². The predicted octanol–water partition coefficient (Wildman–Crippen LogP) is 2.07. The minimum atomic E-state index is 0.192. The average molecular weight is 425 g/mol. The summed E-state index contributed by atoms with van der Waals surface area (Å²) in [6, 6.07) is 13.4. The van der Waals surface area contributed by atoms with Crippen molar-refractivity contribution in [2.24, 2.45) is 5.73 Å². The Morgan fingerprint density at radius 3 is 2.23 bits per heavy atom. The van der Waals surface area contributed by atoms with Gasteiger partial charge in [-0.15, -0.1) is 0 Å². The molecule has 0 radical (unpaired) electrons. The van der Waals surface area contributed by atoms with E-state index in [0.29, 0.717) is 63.7 Å². The second-order valence-electron chi connectivity index (χ2n) is 6.33. The Bertz CT molecular complexity index is 885. The van der Waals surface area contributed by atoms with Crippen LogP contribution in [-0.4, -0.2) is 59.5 Å². The van der Waals surface area contributed by atoms with E-state index in [1.165, 1.54) is 0 Å². The number of hydrogen-bond donors (Lipinski definition) is 3. The zero-order valence-electron chi connectivity index (χ0n) is 17.2. The molecule has 1 aromatic carbocycles. The molecule has 0 fully saturated rings. The van der Waals surface area contributed by atoms with Crippen LogP contribution in [0.5, 0.6) is 11.8 Å². The monoisotopic (exact) mass is 425 g/mol. The van der Waals surface area contributed by atoms with Crippen LogP contribution in [-0.2, 0) is 16.0 Å². The van der Waals surface area contributed by atoms with Crippen LogP contribution in [0.15, 0.2) is 54.9 Å². The maximum atomic E-state index is 5.78. The summed E-state index contributed by atoms with van der Waals surface area (Å²) < 4.78 is 16.6. The Labute approximate surface area is 181 Å². The fourth-order valence-corrected chi connectivity index (χ4v) is 2.48. The van der Waals surface area contributed by atoms with Gasteiger partial charge in [0.15, 0.2) is 0 Å². The van der Waals surface area contributed by atoms with Crippen molar-refractivity contribution >= 4 is 11.9 Å². The molecule has 10 heteroatoms. The molecule has 2 heterocycles. The number of hydrogen-bond acceptors (Lipinski definition) is 10. The highest BCUT2D eigenvalue weighted by Gasteiger charge is 2.09. The number of ether oxygens (including phenoxy) is 3. The topological polar surface area (TPSA) is 129 Å². The van der Waals surface area contributed by atoms with Gasteiger partial charge in [0, 0.05) is 32.0 Å². The summed E-state index contributed by atoms with van der Waals surface area (Å²) in [5.74, 6) is 1.43. The second kappa shape index (κ2) is 13.1. The van der Waals surface area contributed by atoms with Gasteiger partial charge >= 0.3 is 6.01 Å². The van der Waals surface area contributed by atoms with Gasteiger partial charge in [-0.3, -0.25) is 4.98 Å². The molecule has 3 aromatic rings. The fourth-order valence-electron chi connectivity index (χ4n) is 2.48. The van der Waals surface area contributed by atoms with Crippen LogP contribution in [0.4, 0.5) is 11.9 Å². The molecular formula is C21H27N7O3. The third-order valence-electron chi connectivity index (χ3n) is 3.93. The zero-order valence-corrected chi connectivity index (χ0v) is 17.2. The Kier molecular flexibility index (Phi) is 9.42. The van der Waals surface area contributed by atoms with E-state index < -0.39 is 0 Å². The number of benzene rings is 1. The maximum Gasteiger partial charge on any atom is 0.328 e. The minimum Gasteiger partial charge on any atom is -0.424 e. The van der Waals surface area contributed by atoms with Gasteiger partial charge in [0.1, 0.15) is 5.75 Å². The van der Waals surface area contributed by atoms with Crippen LogP contribution in [0.25, 0.3) is 0 Å². The summed E-state index contributed by atoms with van der Waals surface area (Å²) in [5.41, 5.74) is 6.43. The Morgan fingerprint density at radius 1 is 0.774 bits per heavy atom. The largest absolute Gasteiger partial charge is 0.424 e. The zero-order chi connectivity index (χ0) is 21.6. The first-order valence-electron chi connectivity index (χ1n) is 10.0.